The zero-order valence-electron chi connectivity index (χ0n) is 4.57. The predicted molar refractivity (Wildman–Crippen MR) is 29.9 cm³/mol. The Morgan fingerprint density at radius 1 is 1.40 bits per heavy atom. The molecule has 3 N–H and O–H groups in total. The molecule has 0 aliphatic heterocycles. The van der Waals surface area contributed by atoms with Crippen molar-refractivity contribution in [3.8, 4) is 0 Å². The highest BCUT2D eigenvalue weighted by atomic mass is 31.3. The van der Waals surface area contributed by atoms with Crippen LogP contribution >= 0.6 is 15.4 Å². The smallest absolute Gasteiger partial charge is 0.385 e. The van der Waals surface area contributed by atoms with Crippen molar-refractivity contribution < 1.29 is 27.5 Å². The number of aliphatic hydroxyl groups is 1. The van der Waals surface area contributed by atoms with Crippen molar-refractivity contribution in [2.24, 2.45) is 0 Å². The molecule has 0 rings (SSSR count). The van der Waals surface area contributed by atoms with E-state index >= 15 is 0 Å². The summed E-state index contributed by atoms with van der Waals surface area (Å²) >= 11 is 0. The van der Waals surface area contributed by atoms with E-state index in [0.717, 1.165) is 0 Å². The van der Waals surface area contributed by atoms with E-state index < -0.39 is 21.8 Å². The van der Waals surface area contributed by atoms with Gasteiger partial charge in [-0.25, -0.2) is 4.57 Å². The Labute approximate surface area is 55.2 Å². The highest BCUT2D eigenvalue weighted by Crippen LogP contribution is 2.53. The van der Waals surface area contributed by atoms with Crippen LogP contribution in [0.1, 0.15) is 0 Å². The van der Waals surface area contributed by atoms with Crippen LogP contribution in [0.3, 0.4) is 0 Å². The highest BCUT2D eigenvalue weighted by molar-refractivity contribution is 7.69. The van der Waals surface area contributed by atoms with E-state index in [0.29, 0.717) is 4.86 Å². The Morgan fingerprint density at radius 2 is 1.80 bits per heavy atom. The normalized spacial score (nSPS) is 23.2. The molecule has 0 amide bonds. The van der Waals surface area contributed by atoms with Crippen LogP contribution in [-0.4, -0.2) is 16.3 Å². The second kappa shape index (κ2) is 3.07. The van der Waals surface area contributed by atoms with Crippen molar-refractivity contribution in [1.82, 2.24) is 4.86 Å². The number of halogens is 2. The molecular weight excluding hydrogens is 190 g/mol. The summed E-state index contributed by atoms with van der Waals surface area (Å²) in [6, 6.07) is 0. The lowest BCUT2D eigenvalue weighted by Gasteiger charge is -2.06. The SMILES string of the molecule is O=P(O)(F)NP(=O)(F)CO. The van der Waals surface area contributed by atoms with Crippen LogP contribution in [0.2, 0.25) is 0 Å². The molecular formula is CH5F2NO4P2. The Balaban J connectivity index is 4.17. The number of hydrogen-bond acceptors (Lipinski definition) is 3. The first-order chi connectivity index (χ1) is 4.27. The first-order valence-electron chi connectivity index (χ1n) is 1.98. The first-order valence-corrected chi connectivity index (χ1v) is 5.32. The number of nitrogens with one attached hydrogen (secondary N) is 1. The van der Waals surface area contributed by atoms with Crippen molar-refractivity contribution in [2.45, 2.75) is 0 Å². The van der Waals surface area contributed by atoms with Crippen LogP contribution < -0.4 is 4.86 Å². The third-order valence-corrected chi connectivity index (χ3v) is 3.00. The molecule has 0 spiro atoms. The van der Waals surface area contributed by atoms with Gasteiger partial charge < -0.3 is 10.00 Å². The van der Waals surface area contributed by atoms with Gasteiger partial charge in [-0.05, 0) is 0 Å². The van der Waals surface area contributed by atoms with E-state index in [2.05, 4.69) is 0 Å². The maximum absolute atomic E-state index is 11.9. The van der Waals surface area contributed by atoms with Crippen LogP contribution in [0.4, 0.5) is 8.39 Å². The molecule has 0 saturated carbocycles. The summed E-state index contributed by atoms with van der Waals surface area (Å²) in [5.41, 5.74) is 0. The minimum absolute atomic E-state index is 0.628. The van der Waals surface area contributed by atoms with Gasteiger partial charge in [-0.15, -0.1) is 9.05 Å². The molecule has 0 aliphatic rings. The van der Waals surface area contributed by atoms with Gasteiger partial charge in [0, 0.05) is 0 Å². The van der Waals surface area contributed by atoms with Crippen molar-refractivity contribution in [3.63, 3.8) is 0 Å². The average Bonchev–Trinajstić information content (AvgIpc) is 1.60. The molecule has 0 aromatic carbocycles. The quantitative estimate of drug-likeness (QED) is 0.578. The lowest BCUT2D eigenvalue weighted by molar-refractivity contribution is 0.343. The monoisotopic (exact) mass is 195 g/mol. The third-order valence-electron chi connectivity index (χ3n) is 0.455. The molecule has 0 saturated heterocycles. The molecule has 0 aliphatic carbocycles. The Kier molecular flexibility index (Phi) is 3.13. The highest BCUT2D eigenvalue weighted by Gasteiger charge is 2.30. The van der Waals surface area contributed by atoms with Crippen molar-refractivity contribution in [3.05, 3.63) is 0 Å². The minimum atomic E-state index is -5.35. The summed E-state index contributed by atoms with van der Waals surface area (Å²) in [6.45, 7) is 0. The van der Waals surface area contributed by atoms with E-state index in [-0.39, 0.29) is 0 Å². The molecule has 9 heteroatoms. The number of rotatable bonds is 3. The summed E-state index contributed by atoms with van der Waals surface area (Å²) < 4.78 is 43.1. The second-order valence-electron chi connectivity index (χ2n) is 1.40. The van der Waals surface area contributed by atoms with Crippen LogP contribution in [0.25, 0.3) is 0 Å². The molecule has 0 heterocycles. The van der Waals surface area contributed by atoms with Gasteiger partial charge in [0.15, 0.2) is 0 Å². The fourth-order valence-corrected chi connectivity index (χ4v) is 1.94. The first kappa shape index (κ1) is 10.2. The van der Waals surface area contributed by atoms with E-state index in [1.807, 2.05) is 0 Å². The van der Waals surface area contributed by atoms with E-state index in [1.54, 1.807) is 0 Å². The number of hydrogen-bond donors (Lipinski definition) is 3. The van der Waals surface area contributed by atoms with Crippen LogP contribution in [0, 0.1) is 0 Å². The van der Waals surface area contributed by atoms with Crippen molar-refractivity contribution in [2.75, 3.05) is 6.35 Å². The summed E-state index contributed by atoms with van der Waals surface area (Å²) in [5.74, 6) is 0. The molecule has 0 fully saturated rings. The summed E-state index contributed by atoms with van der Waals surface area (Å²) in [5, 5.41) is 7.86. The van der Waals surface area contributed by atoms with E-state index in [1.165, 1.54) is 0 Å². The van der Waals surface area contributed by atoms with Gasteiger partial charge in [0.1, 0.15) is 6.35 Å². The van der Waals surface area contributed by atoms with E-state index in [4.69, 9.17) is 10.00 Å². The van der Waals surface area contributed by atoms with Gasteiger partial charge in [-0.2, -0.15) is 4.20 Å². The molecule has 2 unspecified atom stereocenters. The predicted octanol–water partition coefficient (Wildman–Crippen LogP) is 0.758. The minimum Gasteiger partial charge on any atom is -0.385 e. The van der Waals surface area contributed by atoms with Crippen molar-refractivity contribution in [1.29, 1.82) is 0 Å². The maximum Gasteiger partial charge on any atom is 0.447 e. The Hall–Kier alpha value is 0.200. The molecule has 0 aromatic heterocycles. The van der Waals surface area contributed by atoms with Gasteiger partial charge in [-0.3, -0.25) is 4.57 Å². The van der Waals surface area contributed by atoms with Gasteiger partial charge in [0.05, 0.1) is 0 Å². The molecule has 2 atom stereocenters. The van der Waals surface area contributed by atoms with Crippen molar-refractivity contribution >= 4 is 15.4 Å². The fraction of sp³-hybridized carbons (Fsp3) is 1.00. The topological polar surface area (TPSA) is 86.6 Å². The lowest BCUT2D eigenvalue weighted by Crippen LogP contribution is -2.02. The summed E-state index contributed by atoms with van der Waals surface area (Å²) in [6.07, 6.45) is -1.51. The largest absolute Gasteiger partial charge is 0.447 e. The van der Waals surface area contributed by atoms with Gasteiger partial charge in [-0.1, -0.05) is 0 Å². The molecule has 0 aromatic rings. The fourth-order valence-electron chi connectivity index (χ4n) is 0.216. The molecule has 0 radical (unpaired) electrons. The van der Waals surface area contributed by atoms with E-state index in [9.17, 15) is 17.5 Å². The summed E-state index contributed by atoms with van der Waals surface area (Å²) in [7, 11) is -10.2. The Morgan fingerprint density at radius 3 is 1.90 bits per heavy atom. The molecule has 5 nitrogen and oxygen atoms in total. The second-order valence-corrected chi connectivity index (χ2v) is 4.79. The van der Waals surface area contributed by atoms with Gasteiger partial charge in [0.25, 0.3) is 0 Å². The lowest BCUT2D eigenvalue weighted by atomic mass is 11.7. The van der Waals surface area contributed by atoms with Crippen LogP contribution in [-0.2, 0) is 9.13 Å². The van der Waals surface area contributed by atoms with Gasteiger partial charge >= 0.3 is 15.4 Å². The maximum atomic E-state index is 11.9. The Bertz CT molecular complexity index is 199. The molecule has 62 valence electrons. The van der Waals surface area contributed by atoms with Crippen LogP contribution in [0.15, 0.2) is 0 Å². The zero-order chi connectivity index (χ0) is 8.41. The van der Waals surface area contributed by atoms with Gasteiger partial charge in [0.2, 0.25) is 0 Å². The van der Waals surface area contributed by atoms with Crippen LogP contribution in [0.5, 0.6) is 0 Å². The summed E-state index contributed by atoms with van der Waals surface area (Å²) in [4.78, 5) is 8.37. The number of aliphatic hydroxyl groups excluding tert-OH is 1. The zero-order valence-corrected chi connectivity index (χ0v) is 6.36. The average molecular weight is 195 g/mol. The standard InChI is InChI=1S/CH5F2NO4P2/c2-9(6,1-5)4-10(3,7)8/h5H,1H2,(H2,4,6,7,8). The molecule has 10 heavy (non-hydrogen) atoms. The molecule has 0 bridgehead atoms. The third kappa shape index (κ3) is 5.02.